The summed E-state index contributed by atoms with van der Waals surface area (Å²) in [6, 6.07) is 5.58. The van der Waals surface area contributed by atoms with Crippen LogP contribution in [0, 0.1) is 0 Å². The van der Waals surface area contributed by atoms with Gasteiger partial charge in [0.2, 0.25) is 0 Å². The van der Waals surface area contributed by atoms with Gasteiger partial charge in [0.05, 0.1) is 11.2 Å². The molecule has 0 amide bonds. The van der Waals surface area contributed by atoms with Crippen molar-refractivity contribution in [2.75, 3.05) is 41.3 Å². The third kappa shape index (κ3) is 4.93. The molecule has 0 aliphatic heterocycles. The summed E-state index contributed by atoms with van der Waals surface area (Å²) in [6.07, 6.45) is 1.17. The number of hydrogen-bond acceptors (Lipinski definition) is 4. The summed E-state index contributed by atoms with van der Waals surface area (Å²) in [5, 5.41) is 1.55. The molecule has 2 rings (SSSR count). The first-order valence-corrected chi connectivity index (χ1v) is 9.19. The smallest absolute Gasteiger partial charge is 0.180 e. The second-order valence-corrected chi connectivity index (χ2v) is 7.73. The van der Waals surface area contributed by atoms with Crippen LogP contribution in [0.25, 0.3) is 10.9 Å². The number of fused-ring (bicyclic) bond motifs is 1. The van der Waals surface area contributed by atoms with Gasteiger partial charge in [-0.1, -0.05) is 17.7 Å². The number of aromatic nitrogens is 1. The number of carbonyl (C=O) groups excluding carboxylic acids is 2. The topological polar surface area (TPSA) is 45.6 Å². The highest BCUT2D eigenvalue weighted by Gasteiger charge is 2.22. The van der Waals surface area contributed by atoms with Gasteiger partial charge >= 0.3 is 0 Å². The molecule has 5 nitrogen and oxygen atoms in total. The number of carbonyl (C=O) groups is 2. The Bertz CT molecular complexity index is 809. The molecule has 1 aromatic carbocycles. The van der Waals surface area contributed by atoms with E-state index < -0.39 is 0 Å². The fraction of sp³-hybridized carbons (Fsp3) is 0.500. The van der Waals surface area contributed by atoms with Crippen LogP contribution in [-0.2, 0) is 18.3 Å². The first kappa shape index (κ1) is 20.6. The minimum absolute atomic E-state index is 0.0592. The molecule has 0 saturated carbocycles. The van der Waals surface area contributed by atoms with Gasteiger partial charge in [0.15, 0.2) is 5.78 Å². The standard InChI is InChI=1S/C20H28ClN3O2/c1-22(2)10-8-15(25)13-17-16-7-6-14(21)12-18(16)24(5)20(17)19(26)9-11-23(3)4/h6-7,12H,8-11,13H2,1-5H3. The predicted molar refractivity (Wildman–Crippen MR) is 107 cm³/mol. The van der Waals surface area contributed by atoms with E-state index >= 15 is 0 Å². The molecule has 26 heavy (non-hydrogen) atoms. The van der Waals surface area contributed by atoms with E-state index in [0.29, 0.717) is 36.6 Å². The molecule has 1 aromatic heterocycles. The SMILES string of the molecule is CN(C)CCC(=O)Cc1c(C(=O)CCN(C)C)n(C)c2cc(Cl)ccc12. The Balaban J connectivity index is 2.42. The number of hydrogen-bond donors (Lipinski definition) is 0. The minimum Gasteiger partial charge on any atom is -0.341 e. The van der Waals surface area contributed by atoms with Crippen molar-refractivity contribution in [2.24, 2.45) is 7.05 Å². The van der Waals surface area contributed by atoms with E-state index in [9.17, 15) is 9.59 Å². The Labute approximate surface area is 160 Å². The molecule has 0 unspecified atom stereocenters. The quantitative estimate of drug-likeness (QED) is 0.630. The fourth-order valence-electron chi connectivity index (χ4n) is 3.10. The molecular weight excluding hydrogens is 350 g/mol. The second-order valence-electron chi connectivity index (χ2n) is 7.29. The summed E-state index contributed by atoms with van der Waals surface area (Å²) in [5.41, 5.74) is 2.34. The van der Waals surface area contributed by atoms with Crippen LogP contribution >= 0.6 is 11.6 Å². The van der Waals surface area contributed by atoms with Crippen molar-refractivity contribution in [3.63, 3.8) is 0 Å². The number of aryl methyl sites for hydroxylation is 1. The Kier molecular flexibility index (Phi) is 6.98. The lowest BCUT2D eigenvalue weighted by Gasteiger charge is -2.11. The Morgan fingerprint density at radius 3 is 2.27 bits per heavy atom. The van der Waals surface area contributed by atoms with E-state index in [1.54, 1.807) is 0 Å². The molecule has 0 radical (unpaired) electrons. The predicted octanol–water partition coefficient (Wildman–Crippen LogP) is 3.03. The molecule has 0 saturated heterocycles. The van der Waals surface area contributed by atoms with Crippen molar-refractivity contribution < 1.29 is 9.59 Å². The van der Waals surface area contributed by atoms with Crippen LogP contribution in [0.4, 0.5) is 0 Å². The van der Waals surface area contributed by atoms with E-state index in [-0.39, 0.29) is 18.0 Å². The van der Waals surface area contributed by atoms with Crippen LogP contribution in [0.5, 0.6) is 0 Å². The molecule has 6 heteroatoms. The molecule has 0 N–H and O–H groups in total. The normalized spacial score (nSPS) is 11.7. The Hall–Kier alpha value is -1.69. The van der Waals surface area contributed by atoms with Crippen molar-refractivity contribution in [1.82, 2.24) is 14.4 Å². The summed E-state index contributed by atoms with van der Waals surface area (Å²) in [4.78, 5) is 29.4. The monoisotopic (exact) mass is 377 g/mol. The van der Waals surface area contributed by atoms with Gasteiger partial charge in [-0.25, -0.2) is 0 Å². The highest BCUT2D eigenvalue weighted by molar-refractivity contribution is 6.31. The van der Waals surface area contributed by atoms with Crippen LogP contribution in [-0.4, -0.2) is 67.2 Å². The lowest BCUT2D eigenvalue weighted by atomic mass is 10.0. The second kappa shape index (κ2) is 8.80. The third-order valence-corrected chi connectivity index (χ3v) is 4.76. The molecule has 2 aromatic rings. The Morgan fingerprint density at radius 1 is 1.04 bits per heavy atom. The molecule has 0 aliphatic carbocycles. The molecule has 0 aliphatic rings. The zero-order chi connectivity index (χ0) is 19.4. The largest absolute Gasteiger partial charge is 0.341 e. The van der Waals surface area contributed by atoms with E-state index in [2.05, 4.69) is 0 Å². The first-order chi connectivity index (χ1) is 12.2. The molecule has 0 spiro atoms. The van der Waals surface area contributed by atoms with E-state index in [4.69, 9.17) is 11.6 Å². The van der Waals surface area contributed by atoms with Gasteiger partial charge < -0.3 is 14.4 Å². The molecule has 0 fully saturated rings. The number of ketones is 2. The lowest BCUT2D eigenvalue weighted by molar-refractivity contribution is -0.118. The summed E-state index contributed by atoms with van der Waals surface area (Å²) in [7, 11) is 9.66. The van der Waals surface area contributed by atoms with Gasteiger partial charge in [-0.2, -0.15) is 0 Å². The highest BCUT2D eigenvalue weighted by Crippen LogP contribution is 2.29. The minimum atomic E-state index is 0.0592. The number of rotatable bonds is 9. The van der Waals surface area contributed by atoms with Gasteiger partial charge in [-0.3, -0.25) is 9.59 Å². The van der Waals surface area contributed by atoms with Crippen LogP contribution in [0.1, 0.15) is 28.9 Å². The summed E-state index contributed by atoms with van der Waals surface area (Å²) in [6.45, 7) is 1.38. The third-order valence-electron chi connectivity index (χ3n) is 4.53. The maximum absolute atomic E-state index is 12.9. The van der Waals surface area contributed by atoms with Crippen LogP contribution in [0.15, 0.2) is 18.2 Å². The average Bonchev–Trinajstić information content (AvgIpc) is 2.82. The lowest BCUT2D eigenvalue weighted by Crippen LogP contribution is -2.20. The van der Waals surface area contributed by atoms with Gasteiger partial charge in [0.25, 0.3) is 0 Å². The van der Waals surface area contributed by atoms with Crippen LogP contribution in [0.2, 0.25) is 5.02 Å². The maximum atomic E-state index is 12.9. The zero-order valence-corrected chi connectivity index (χ0v) is 17.1. The average molecular weight is 378 g/mol. The van der Waals surface area contributed by atoms with E-state index in [1.165, 1.54) is 0 Å². The molecular formula is C20H28ClN3O2. The fourth-order valence-corrected chi connectivity index (χ4v) is 3.27. The van der Waals surface area contributed by atoms with Crippen molar-refractivity contribution in [2.45, 2.75) is 19.3 Å². The first-order valence-electron chi connectivity index (χ1n) is 8.82. The van der Waals surface area contributed by atoms with Gasteiger partial charge in [0.1, 0.15) is 5.78 Å². The molecule has 0 bridgehead atoms. The van der Waals surface area contributed by atoms with Crippen molar-refractivity contribution in [1.29, 1.82) is 0 Å². The Morgan fingerprint density at radius 2 is 1.65 bits per heavy atom. The summed E-state index contributed by atoms with van der Waals surface area (Å²) < 4.78 is 1.88. The summed E-state index contributed by atoms with van der Waals surface area (Å²) in [5.74, 6) is 0.201. The van der Waals surface area contributed by atoms with Crippen LogP contribution in [0.3, 0.4) is 0 Å². The van der Waals surface area contributed by atoms with Gasteiger partial charge in [0, 0.05) is 49.8 Å². The molecule has 0 atom stereocenters. The summed E-state index contributed by atoms with van der Waals surface area (Å²) >= 11 is 6.15. The number of halogens is 1. The zero-order valence-electron chi connectivity index (χ0n) is 16.3. The van der Waals surface area contributed by atoms with Crippen LogP contribution < -0.4 is 0 Å². The van der Waals surface area contributed by atoms with Gasteiger partial charge in [-0.15, -0.1) is 0 Å². The molecule has 142 valence electrons. The van der Waals surface area contributed by atoms with Crippen molar-refractivity contribution in [3.05, 3.63) is 34.5 Å². The molecule has 1 heterocycles. The van der Waals surface area contributed by atoms with Crippen molar-refractivity contribution >= 4 is 34.1 Å². The number of nitrogens with zero attached hydrogens (tertiary/aromatic N) is 3. The maximum Gasteiger partial charge on any atom is 0.180 e. The number of benzene rings is 1. The highest BCUT2D eigenvalue weighted by atomic mass is 35.5. The van der Waals surface area contributed by atoms with E-state index in [1.807, 2.05) is 67.8 Å². The van der Waals surface area contributed by atoms with Gasteiger partial charge in [-0.05, 0) is 45.9 Å². The van der Waals surface area contributed by atoms with Crippen molar-refractivity contribution in [3.8, 4) is 0 Å². The van der Waals surface area contributed by atoms with E-state index in [0.717, 1.165) is 16.5 Å². The number of Topliss-reactive ketones (excluding diaryl/α,β-unsaturated/α-hetero) is 2.